The van der Waals surface area contributed by atoms with Crippen molar-refractivity contribution in [3.8, 4) is 44.5 Å². The van der Waals surface area contributed by atoms with Gasteiger partial charge < -0.3 is 0 Å². The van der Waals surface area contributed by atoms with Crippen LogP contribution in [0.4, 0.5) is 0 Å². The maximum Gasteiger partial charge on any atom is -0.00201 e. The lowest BCUT2D eigenvalue weighted by atomic mass is 9.79. The normalized spacial score (nSPS) is 11.5. The van der Waals surface area contributed by atoms with Crippen LogP contribution in [-0.4, -0.2) is 0 Å². The van der Waals surface area contributed by atoms with E-state index in [1.54, 1.807) is 0 Å². The summed E-state index contributed by atoms with van der Waals surface area (Å²) in [6, 6.07) is 78.7. The van der Waals surface area contributed by atoms with Crippen molar-refractivity contribution < 1.29 is 0 Å². The lowest BCUT2D eigenvalue weighted by molar-refractivity contribution is 1.48. The van der Waals surface area contributed by atoms with E-state index in [1.165, 1.54) is 66.8 Å². The van der Waals surface area contributed by atoms with Gasteiger partial charge >= 0.3 is 0 Å². The maximum absolute atomic E-state index is 2.40. The molecule has 0 aliphatic rings. The van der Waals surface area contributed by atoms with Crippen LogP contribution in [-0.2, 0) is 0 Å². The predicted molar refractivity (Wildman–Crippen MR) is 213 cm³/mol. The van der Waals surface area contributed by atoms with Crippen molar-refractivity contribution in [3.63, 3.8) is 0 Å². The van der Waals surface area contributed by atoms with Crippen molar-refractivity contribution >= 4 is 11.1 Å². The summed E-state index contributed by atoms with van der Waals surface area (Å²) in [5, 5.41) is 0. The van der Waals surface area contributed by atoms with Gasteiger partial charge in [0, 0.05) is 0 Å². The van der Waals surface area contributed by atoms with E-state index in [4.69, 9.17) is 0 Å². The average Bonchev–Trinajstić information content (AvgIpc) is 3.21. The summed E-state index contributed by atoms with van der Waals surface area (Å²) < 4.78 is 0. The molecule has 8 aromatic rings. The Kier molecular flexibility index (Phi) is 8.82. The Bertz CT molecular complexity index is 2180. The number of benzene rings is 8. The monoisotopic (exact) mass is 636 g/mol. The first kappa shape index (κ1) is 30.8. The van der Waals surface area contributed by atoms with E-state index in [-0.39, 0.29) is 0 Å². The molecule has 0 amide bonds. The second-order valence-corrected chi connectivity index (χ2v) is 12.5. The minimum absolute atomic E-state index is 1.16. The molecule has 0 heteroatoms. The van der Waals surface area contributed by atoms with E-state index >= 15 is 0 Å². The van der Waals surface area contributed by atoms with Gasteiger partial charge in [-0.2, -0.15) is 0 Å². The molecule has 0 saturated carbocycles. The molecule has 236 valence electrons. The van der Waals surface area contributed by atoms with Gasteiger partial charge in [-0.3, -0.25) is 0 Å². The molecule has 0 aliphatic carbocycles. The zero-order chi connectivity index (χ0) is 33.5. The highest BCUT2D eigenvalue weighted by atomic mass is 14.3. The highest BCUT2D eigenvalue weighted by molar-refractivity contribution is 6.10. The van der Waals surface area contributed by atoms with Crippen LogP contribution in [0.25, 0.3) is 55.7 Å². The van der Waals surface area contributed by atoms with E-state index in [0.29, 0.717) is 0 Å². The zero-order valence-corrected chi connectivity index (χ0v) is 27.8. The SMILES string of the molecule is c1ccc(/C(=C(/c2ccccc2)c2cc(-c3ccccc3)ccc2-c2ccccc2)c2cc(-c3ccccc3)ccc2-c2ccccc2)cc1. The maximum atomic E-state index is 2.40. The Labute approximate surface area is 295 Å². The van der Waals surface area contributed by atoms with E-state index in [2.05, 4.69) is 218 Å². The summed E-state index contributed by atoms with van der Waals surface area (Å²) in [5.74, 6) is 0. The van der Waals surface area contributed by atoms with Gasteiger partial charge in [0.2, 0.25) is 0 Å². The zero-order valence-electron chi connectivity index (χ0n) is 27.8. The van der Waals surface area contributed by atoms with Crippen LogP contribution >= 0.6 is 0 Å². The molecule has 8 aromatic carbocycles. The van der Waals surface area contributed by atoms with E-state index in [0.717, 1.165) is 11.1 Å². The van der Waals surface area contributed by atoms with Crippen LogP contribution in [0.2, 0.25) is 0 Å². The fraction of sp³-hybridized carbons (Fsp3) is 0. The number of hydrogen-bond donors (Lipinski definition) is 0. The van der Waals surface area contributed by atoms with Crippen molar-refractivity contribution in [2.45, 2.75) is 0 Å². The van der Waals surface area contributed by atoms with Gasteiger partial charge in [-0.25, -0.2) is 0 Å². The van der Waals surface area contributed by atoms with Crippen LogP contribution in [0.1, 0.15) is 22.3 Å². The summed E-state index contributed by atoms with van der Waals surface area (Å²) in [5.41, 5.74) is 16.6. The standard InChI is InChI=1S/C50H36/c1-7-19-37(20-8-1)43-31-33-45(39-23-11-3-12-24-39)47(35-43)49(41-27-15-5-16-28-41)50(42-29-17-6-18-30-42)48-36-44(38-21-9-2-10-22-38)32-34-46(48)40-25-13-4-14-26-40/h1-36H/b50-49+. The van der Waals surface area contributed by atoms with Gasteiger partial charge in [0.1, 0.15) is 0 Å². The van der Waals surface area contributed by atoms with Crippen LogP contribution in [0.15, 0.2) is 218 Å². The van der Waals surface area contributed by atoms with Gasteiger partial charge in [-0.05, 0) is 90.0 Å². The minimum atomic E-state index is 1.16. The summed E-state index contributed by atoms with van der Waals surface area (Å²) in [6.07, 6.45) is 0. The smallest absolute Gasteiger partial charge is 0.00201 e. The molecule has 0 heterocycles. The molecular weight excluding hydrogens is 601 g/mol. The van der Waals surface area contributed by atoms with E-state index < -0.39 is 0 Å². The molecule has 0 fully saturated rings. The lowest BCUT2D eigenvalue weighted by Crippen LogP contribution is -2.02. The Morgan fingerprint density at radius 2 is 0.500 bits per heavy atom. The number of hydrogen-bond acceptors (Lipinski definition) is 0. The molecule has 0 saturated heterocycles. The average molecular weight is 637 g/mol. The Balaban J connectivity index is 1.55. The first-order valence-corrected chi connectivity index (χ1v) is 17.2. The quantitative estimate of drug-likeness (QED) is 0.146. The van der Waals surface area contributed by atoms with Crippen molar-refractivity contribution in [1.29, 1.82) is 0 Å². The van der Waals surface area contributed by atoms with Crippen LogP contribution < -0.4 is 0 Å². The largest absolute Gasteiger partial charge is 0.0622 e. The molecule has 50 heavy (non-hydrogen) atoms. The van der Waals surface area contributed by atoms with Gasteiger partial charge in [-0.1, -0.05) is 206 Å². The highest BCUT2D eigenvalue weighted by Gasteiger charge is 2.23. The summed E-state index contributed by atoms with van der Waals surface area (Å²) in [6.45, 7) is 0. The van der Waals surface area contributed by atoms with Gasteiger partial charge in [0.15, 0.2) is 0 Å². The molecule has 0 aliphatic heterocycles. The minimum Gasteiger partial charge on any atom is -0.0622 e. The third-order valence-corrected chi connectivity index (χ3v) is 9.34. The second-order valence-electron chi connectivity index (χ2n) is 12.5. The summed E-state index contributed by atoms with van der Waals surface area (Å²) in [4.78, 5) is 0. The number of rotatable bonds is 8. The fourth-order valence-electron chi connectivity index (χ4n) is 6.94. The highest BCUT2D eigenvalue weighted by Crippen LogP contribution is 2.45. The van der Waals surface area contributed by atoms with Crippen LogP contribution in [0.5, 0.6) is 0 Å². The topological polar surface area (TPSA) is 0 Å². The second kappa shape index (κ2) is 14.3. The molecule has 8 rings (SSSR count). The van der Waals surface area contributed by atoms with Crippen molar-refractivity contribution in [2.24, 2.45) is 0 Å². The van der Waals surface area contributed by atoms with Gasteiger partial charge in [0.25, 0.3) is 0 Å². The Morgan fingerprint density at radius 1 is 0.220 bits per heavy atom. The van der Waals surface area contributed by atoms with Crippen LogP contribution in [0.3, 0.4) is 0 Å². The molecule has 0 aromatic heterocycles. The Morgan fingerprint density at radius 3 is 0.820 bits per heavy atom. The van der Waals surface area contributed by atoms with Gasteiger partial charge in [-0.15, -0.1) is 0 Å². The molecule has 0 atom stereocenters. The van der Waals surface area contributed by atoms with Crippen molar-refractivity contribution in [1.82, 2.24) is 0 Å². The molecule has 0 nitrogen and oxygen atoms in total. The van der Waals surface area contributed by atoms with Crippen LogP contribution in [0, 0.1) is 0 Å². The Hall–Kier alpha value is -6.50. The van der Waals surface area contributed by atoms with E-state index in [9.17, 15) is 0 Å². The first-order chi connectivity index (χ1) is 24.8. The third-order valence-electron chi connectivity index (χ3n) is 9.34. The third kappa shape index (κ3) is 6.35. The molecule has 0 N–H and O–H groups in total. The van der Waals surface area contributed by atoms with E-state index in [1.807, 2.05) is 0 Å². The molecule has 0 unspecified atom stereocenters. The van der Waals surface area contributed by atoms with Crippen molar-refractivity contribution in [3.05, 3.63) is 241 Å². The molecule has 0 spiro atoms. The molecular formula is C50H36. The molecule has 0 bridgehead atoms. The first-order valence-electron chi connectivity index (χ1n) is 17.2. The lowest BCUT2D eigenvalue weighted by Gasteiger charge is -2.24. The molecule has 0 radical (unpaired) electrons. The summed E-state index contributed by atoms with van der Waals surface area (Å²) >= 11 is 0. The van der Waals surface area contributed by atoms with Crippen molar-refractivity contribution in [2.75, 3.05) is 0 Å². The predicted octanol–water partition coefficient (Wildman–Crippen LogP) is 13.4. The summed E-state index contributed by atoms with van der Waals surface area (Å²) in [7, 11) is 0. The fourth-order valence-corrected chi connectivity index (χ4v) is 6.94. The van der Waals surface area contributed by atoms with Gasteiger partial charge in [0.05, 0.1) is 0 Å².